The summed E-state index contributed by atoms with van der Waals surface area (Å²) in [5, 5.41) is 5.52. The van der Waals surface area contributed by atoms with E-state index in [4.69, 9.17) is 0 Å². The Labute approximate surface area is 115 Å². The molecule has 0 saturated heterocycles. The molecule has 0 aliphatic heterocycles. The molecule has 0 aromatic heterocycles. The van der Waals surface area contributed by atoms with Crippen molar-refractivity contribution >= 4 is 21.5 Å². The highest BCUT2D eigenvalue weighted by Gasteiger charge is 2.07. The Morgan fingerprint density at radius 3 is 2.16 bits per heavy atom. The van der Waals surface area contributed by atoms with Gasteiger partial charge in [-0.2, -0.15) is 0 Å². The molecule has 19 heavy (non-hydrogen) atoms. The Hall–Kier alpha value is -1.82. The quantitative estimate of drug-likeness (QED) is 0.512. The van der Waals surface area contributed by atoms with Gasteiger partial charge in [-0.1, -0.05) is 57.2 Å². The van der Waals surface area contributed by atoms with E-state index in [1.165, 1.54) is 32.7 Å². The lowest BCUT2D eigenvalue weighted by molar-refractivity contribution is 0.876. The van der Waals surface area contributed by atoms with Gasteiger partial charge in [0.25, 0.3) is 0 Å². The maximum Gasteiger partial charge on any atom is -0.0143 e. The summed E-state index contributed by atoms with van der Waals surface area (Å²) < 4.78 is 0. The van der Waals surface area contributed by atoms with Crippen molar-refractivity contribution in [2.24, 2.45) is 0 Å². The summed E-state index contributed by atoms with van der Waals surface area (Å²) in [6.07, 6.45) is 1.09. The standard InChI is InChI=1S/C19H20/c1-4-14-7-5-8-15-12-19-16(11-18(14)15)9-6-10-17(19)13(2)3/h5-13H,4H2,1-3H3. The molecular formula is C19H20. The van der Waals surface area contributed by atoms with E-state index in [1.54, 1.807) is 0 Å². The molecule has 0 aliphatic carbocycles. The third kappa shape index (κ3) is 2.02. The molecule has 0 heteroatoms. The van der Waals surface area contributed by atoms with Crippen molar-refractivity contribution in [1.29, 1.82) is 0 Å². The molecule has 0 unspecified atom stereocenters. The highest BCUT2D eigenvalue weighted by Crippen LogP contribution is 2.30. The highest BCUT2D eigenvalue weighted by atomic mass is 14.1. The predicted octanol–water partition coefficient (Wildman–Crippen LogP) is 5.68. The molecule has 0 nitrogen and oxygen atoms in total. The lowest BCUT2D eigenvalue weighted by atomic mass is 9.92. The summed E-state index contributed by atoms with van der Waals surface area (Å²) in [5.74, 6) is 0.565. The predicted molar refractivity (Wildman–Crippen MR) is 84.9 cm³/mol. The van der Waals surface area contributed by atoms with Crippen LogP contribution in [0.4, 0.5) is 0 Å². The second-order valence-corrected chi connectivity index (χ2v) is 5.57. The van der Waals surface area contributed by atoms with E-state index in [1.807, 2.05) is 0 Å². The van der Waals surface area contributed by atoms with Gasteiger partial charge in [-0.3, -0.25) is 0 Å². The average Bonchev–Trinajstić information content (AvgIpc) is 2.43. The van der Waals surface area contributed by atoms with E-state index >= 15 is 0 Å². The zero-order valence-corrected chi connectivity index (χ0v) is 11.9. The smallest absolute Gasteiger partial charge is 0.0143 e. The van der Waals surface area contributed by atoms with Gasteiger partial charge in [0.1, 0.15) is 0 Å². The van der Waals surface area contributed by atoms with Crippen molar-refractivity contribution in [3.05, 3.63) is 59.7 Å². The number of rotatable bonds is 2. The zero-order chi connectivity index (χ0) is 13.4. The summed E-state index contributed by atoms with van der Waals surface area (Å²) in [6.45, 7) is 6.76. The summed E-state index contributed by atoms with van der Waals surface area (Å²) in [4.78, 5) is 0. The van der Waals surface area contributed by atoms with Crippen molar-refractivity contribution < 1.29 is 0 Å². The third-order valence-corrected chi connectivity index (χ3v) is 4.01. The van der Waals surface area contributed by atoms with Crippen LogP contribution in [-0.2, 0) is 6.42 Å². The fourth-order valence-corrected chi connectivity index (χ4v) is 2.95. The van der Waals surface area contributed by atoms with Crippen LogP contribution >= 0.6 is 0 Å². The van der Waals surface area contributed by atoms with Gasteiger partial charge in [0.2, 0.25) is 0 Å². The Morgan fingerprint density at radius 1 is 0.842 bits per heavy atom. The molecule has 0 atom stereocenters. The molecule has 96 valence electrons. The first-order valence-electron chi connectivity index (χ1n) is 7.15. The summed E-state index contributed by atoms with van der Waals surface area (Å²) in [6, 6.07) is 18.0. The van der Waals surface area contributed by atoms with E-state index in [-0.39, 0.29) is 0 Å². The maximum atomic E-state index is 2.36. The van der Waals surface area contributed by atoms with Crippen molar-refractivity contribution in [2.45, 2.75) is 33.1 Å². The fraction of sp³-hybridized carbons (Fsp3) is 0.263. The molecule has 0 fully saturated rings. The monoisotopic (exact) mass is 248 g/mol. The number of aryl methyl sites for hydroxylation is 1. The van der Waals surface area contributed by atoms with Gasteiger partial charge in [-0.15, -0.1) is 0 Å². The first-order chi connectivity index (χ1) is 9.20. The number of hydrogen-bond donors (Lipinski definition) is 0. The van der Waals surface area contributed by atoms with Gasteiger partial charge in [-0.05, 0) is 57.1 Å². The Morgan fingerprint density at radius 2 is 1.47 bits per heavy atom. The highest BCUT2D eigenvalue weighted by molar-refractivity contribution is 6.01. The van der Waals surface area contributed by atoms with Crippen molar-refractivity contribution in [2.75, 3.05) is 0 Å². The van der Waals surface area contributed by atoms with Crippen LogP contribution in [0.3, 0.4) is 0 Å². The van der Waals surface area contributed by atoms with Crippen molar-refractivity contribution in [1.82, 2.24) is 0 Å². The topological polar surface area (TPSA) is 0 Å². The van der Waals surface area contributed by atoms with Crippen LogP contribution in [0.1, 0.15) is 37.8 Å². The minimum Gasteiger partial charge on any atom is -0.0614 e. The van der Waals surface area contributed by atoms with Crippen LogP contribution in [0.5, 0.6) is 0 Å². The molecule has 0 heterocycles. The molecule has 0 radical (unpaired) electrons. The molecule has 0 amide bonds. The first-order valence-corrected chi connectivity index (χ1v) is 7.15. The molecule has 3 rings (SSSR count). The molecule has 0 aliphatic rings. The maximum absolute atomic E-state index is 2.36. The van der Waals surface area contributed by atoms with Crippen LogP contribution in [0, 0.1) is 0 Å². The molecule has 3 aromatic carbocycles. The Bertz CT molecular complexity index is 735. The Kier molecular flexibility index (Phi) is 3.02. The molecule has 0 N–H and O–H groups in total. The minimum absolute atomic E-state index is 0.565. The van der Waals surface area contributed by atoms with Gasteiger partial charge >= 0.3 is 0 Å². The number of fused-ring (bicyclic) bond motifs is 2. The van der Waals surface area contributed by atoms with Gasteiger partial charge in [0.15, 0.2) is 0 Å². The molecule has 0 spiro atoms. The van der Waals surface area contributed by atoms with E-state index < -0.39 is 0 Å². The Balaban J connectivity index is 2.41. The number of benzene rings is 3. The summed E-state index contributed by atoms with van der Waals surface area (Å²) in [7, 11) is 0. The molecule has 3 aromatic rings. The van der Waals surface area contributed by atoms with Crippen LogP contribution < -0.4 is 0 Å². The largest absolute Gasteiger partial charge is 0.0614 e. The molecule has 0 saturated carbocycles. The van der Waals surface area contributed by atoms with E-state index in [9.17, 15) is 0 Å². The van der Waals surface area contributed by atoms with Crippen molar-refractivity contribution in [3.63, 3.8) is 0 Å². The second-order valence-electron chi connectivity index (χ2n) is 5.57. The lowest BCUT2D eigenvalue weighted by Crippen LogP contribution is -1.90. The van der Waals surface area contributed by atoms with Gasteiger partial charge in [-0.25, -0.2) is 0 Å². The second kappa shape index (κ2) is 4.70. The summed E-state index contributed by atoms with van der Waals surface area (Å²) >= 11 is 0. The zero-order valence-electron chi connectivity index (χ0n) is 11.9. The normalized spacial score (nSPS) is 11.6. The van der Waals surface area contributed by atoms with Gasteiger partial charge in [0, 0.05) is 0 Å². The molecule has 0 bridgehead atoms. The van der Waals surface area contributed by atoms with Gasteiger partial charge in [0.05, 0.1) is 0 Å². The third-order valence-electron chi connectivity index (χ3n) is 4.01. The van der Waals surface area contributed by atoms with Crippen LogP contribution in [0.25, 0.3) is 21.5 Å². The van der Waals surface area contributed by atoms with E-state index in [0.29, 0.717) is 5.92 Å². The first kappa shape index (κ1) is 12.2. The van der Waals surface area contributed by atoms with Crippen LogP contribution in [-0.4, -0.2) is 0 Å². The van der Waals surface area contributed by atoms with Crippen molar-refractivity contribution in [3.8, 4) is 0 Å². The van der Waals surface area contributed by atoms with Gasteiger partial charge < -0.3 is 0 Å². The van der Waals surface area contributed by atoms with Crippen LogP contribution in [0.2, 0.25) is 0 Å². The van der Waals surface area contributed by atoms with E-state index in [2.05, 4.69) is 69.3 Å². The average molecular weight is 248 g/mol. The minimum atomic E-state index is 0.565. The lowest BCUT2D eigenvalue weighted by Gasteiger charge is -2.12. The van der Waals surface area contributed by atoms with E-state index in [0.717, 1.165) is 6.42 Å². The summed E-state index contributed by atoms with van der Waals surface area (Å²) in [5.41, 5.74) is 2.88. The molecular weight excluding hydrogens is 228 g/mol. The fourth-order valence-electron chi connectivity index (χ4n) is 2.95. The van der Waals surface area contributed by atoms with Crippen LogP contribution in [0.15, 0.2) is 48.5 Å². The SMILES string of the molecule is CCc1cccc2cc3c(C(C)C)cccc3cc12. The number of hydrogen-bond acceptors (Lipinski definition) is 0.